The third kappa shape index (κ3) is 5.59. The van der Waals surface area contributed by atoms with Gasteiger partial charge in [0.1, 0.15) is 12.4 Å². The van der Waals surface area contributed by atoms with Gasteiger partial charge >= 0.3 is 6.18 Å². The molecule has 0 amide bonds. The average Bonchev–Trinajstić information content (AvgIpc) is 2.44. The Labute approximate surface area is 127 Å². The van der Waals surface area contributed by atoms with Crippen LogP contribution in [0.1, 0.15) is 31.4 Å². The molecule has 0 saturated heterocycles. The van der Waals surface area contributed by atoms with Gasteiger partial charge in [-0.15, -0.1) is 0 Å². The maximum atomic E-state index is 13.1. The summed E-state index contributed by atoms with van der Waals surface area (Å²) in [7, 11) is 0. The Bertz CT molecular complexity index is 500. The zero-order valence-electron chi connectivity index (χ0n) is 12.0. The van der Waals surface area contributed by atoms with Crippen LogP contribution in [-0.2, 0) is 12.6 Å². The summed E-state index contributed by atoms with van der Waals surface area (Å²) >= 11 is 5.47. The largest absolute Gasteiger partial charge is 0.489 e. The normalized spacial score (nSPS) is 14.1. The molecule has 0 spiro atoms. The predicted octanol–water partition coefficient (Wildman–Crippen LogP) is 4.51. The molecule has 0 aromatic heterocycles. The van der Waals surface area contributed by atoms with Gasteiger partial charge < -0.3 is 10.5 Å². The van der Waals surface area contributed by atoms with Crippen LogP contribution in [0.25, 0.3) is 0 Å². The zero-order chi connectivity index (χ0) is 16.0. The Morgan fingerprint density at radius 3 is 2.62 bits per heavy atom. The second-order valence-corrected chi connectivity index (χ2v) is 5.16. The highest BCUT2D eigenvalue weighted by Gasteiger charge is 2.34. The molecule has 0 heterocycles. The fraction of sp³-hybridized carbons (Fsp3) is 0.467. The van der Waals surface area contributed by atoms with Crippen LogP contribution in [0, 0.1) is 0 Å². The number of hydrogen-bond acceptors (Lipinski definition) is 2. The third-order valence-corrected chi connectivity index (χ3v) is 3.39. The number of benzene rings is 1. The lowest BCUT2D eigenvalue weighted by molar-refractivity contribution is -0.138. The van der Waals surface area contributed by atoms with E-state index in [0.29, 0.717) is 24.0 Å². The average molecular weight is 322 g/mol. The topological polar surface area (TPSA) is 35.2 Å². The summed E-state index contributed by atoms with van der Waals surface area (Å²) in [5, 5.41) is 0. The summed E-state index contributed by atoms with van der Waals surface area (Å²) in [6.07, 6.45) is -3.36. The van der Waals surface area contributed by atoms with E-state index in [-0.39, 0.29) is 18.4 Å². The molecule has 1 aromatic carbocycles. The first kappa shape index (κ1) is 17.9. The molecule has 0 fully saturated rings. The van der Waals surface area contributed by atoms with Gasteiger partial charge in [0.05, 0.1) is 5.56 Å². The predicted molar refractivity (Wildman–Crippen MR) is 78.5 cm³/mol. The van der Waals surface area contributed by atoms with E-state index in [1.807, 2.05) is 6.92 Å². The SMILES string of the molecule is CCC(N)Cc1ccc(OC/C(C)=C/Cl)c(C(F)(F)F)c1. The molecule has 1 aromatic rings. The van der Waals surface area contributed by atoms with Gasteiger partial charge in [-0.1, -0.05) is 24.6 Å². The lowest BCUT2D eigenvalue weighted by Crippen LogP contribution is -2.21. The van der Waals surface area contributed by atoms with Crippen LogP contribution in [0.3, 0.4) is 0 Å². The molecule has 21 heavy (non-hydrogen) atoms. The van der Waals surface area contributed by atoms with E-state index in [1.165, 1.54) is 11.6 Å². The minimum atomic E-state index is -4.47. The van der Waals surface area contributed by atoms with Crippen LogP contribution in [0.15, 0.2) is 29.3 Å². The summed E-state index contributed by atoms with van der Waals surface area (Å²) in [6, 6.07) is 3.89. The van der Waals surface area contributed by atoms with Crippen LogP contribution < -0.4 is 10.5 Å². The van der Waals surface area contributed by atoms with Crippen molar-refractivity contribution in [1.29, 1.82) is 0 Å². The molecule has 0 radical (unpaired) electrons. The van der Waals surface area contributed by atoms with Gasteiger partial charge in [0.2, 0.25) is 0 Å². The van der Waals surface area contributed by atoms with Crippen LogP contribution in [0.2, 0.25) is 0 Å². The van der Waals surface area contributed by atoms with Crippen molar-refractivity contribution in [2.24, 2.45) is 5.73 Å². The van der Waals surface area contributed by atoms with Gasteiger partial charge in [0.15, 0.2) is 0 Å². The summed E-state index contributed by atoms with van der Waals surface area (Å²) in [6.45, 7) is 3.59. The summed E-state index contributed by atoms with van der Waals surface area (Å²) in [5.74, 6) is -0.200. The van der Waals surface area contributed by atoms with E-state index >= 15 is 0 Å². The molecule has 0 aliphatic rings. The van der Waals surface area contributed by atoms with Gasteiger partial charge in [-0.3, -0.25) is 0 Å². The quantitative estimate of drug-likeness (QED) is 0.837. The minimum absolute atomic E-state index is 0.0143. The lowest BCUT2D eigenvalue weighted by Gasteiger charge is -2.16. The first-order valence-corrected chi connectivity index (χ1v) is 7.06. The van der Waals surface area contributed by atoms with Crippen LogP contribution >= 0.6 is 11.6 Å². The van der Waals surface area contributed by atoms with Crippen LogP contribution in [0.4, 0.5) is 13.2 Å². The van der Waals surface area contributed by atoms with Crippen LogP contribution in [0.5, 0.6) is 5.75 Å². The fourth-order valence-corrected chi connectivity index (χ4v) is 1.78. The highest BCUT2D eigenvalue weighted by Crippen LogP contribution is 2.37. The second kappa shape index (κ2) is 7.71. The molecule has 2 nitrogen and oxygen atoms in total. The molecule has 1 atom stereocenters. The maximum absolute atomic E-state index is 13.1. The Morgan fingerprint density at radius 2 is 2.10 bits per heavy atom. The van der Waals surface area contributed by atoms with Crippen LogP contribution in [-0.4, -0.2) is 12.6 Å². The van der Waals surface area contributed by atoms with Gasteiger partial charge in [-0.05, 0) is 43.0 Å². The molecule has 118 valence electrons. The van der Waals surface area contributed by atoms with Gasteiger partial charge in [-0.25, -0.2) is 0 Å². The monoisotopic (exact) mass is 321 g/mol. The molecule has 1 rings (SSSR count). The van der Waals surface area contributed by atoms with Gasteiger partial charge in [0, 0.05) is 11.6 Å². The first-order chi connectivity index (χ1) is 9.77. The van der Waals surface area contributed by atoms with E-state index in [4.69, 9.17) is 22.1 Å². The van der Waals surface area contributed by atoms with Crippen molar-refractivity contribution in [1.82, 2.24) is 0 Å². The number of nitrogens with two attached hydrogens (primary N) is 1. The molecule has 6 heteroatoms. The van der Waals surface area contributed by atoms with E-state index in [1.54, 1.807) is 13.0 Å². The first-order valence-electron chi connectivity index (χ1n) is 6.62. The smallest absolute Gasteiger partial charge is 0.419 e. The van der Waals surface area contributed by atoms with E-state index in [0.717, 1.165) is 6.07 Å². The molecule has 0 aliphatic heterocycles. The van der Waals surface area contributed by atoms with Gasteiger partial charge in [-0.2, -0.15) is 13.2 Å². The molecule has 1 unspecified atom stereocenters. The third-order valence-electron chi connectivity index (χ3n) is 3.01. The number of ether oxygens (including phenoxy) is 1. The fourth-order valence-electron chi connectivity index (χ4n) is 1.72. The van der Waals surface area contributed by atoms with Crippen molar-refractivity contribution in [3.8, 4) is 5.75 Å². The standard InChI is InChI=1S/C15H19ClF3NO/c1-3-12(20)6-11-4-5-14(21-9-10(2)8-16)13(7-11)15(17,18)19/h4-5,7-8,12H,3,6,9,20H2,1-2H3/b10-8+. The van der Waals surface area contributed by atoms with Crippen molar-refractivity contribution < 1.29 is 17.9 Å². The molecule has 0 bridgehead atoms. The Kier molecular flexibility index (Phi) is 6.55. The lowest BCUT2D eigenvalue weighted by atomic mass is 10.0. The second-order valence-electron chi connectivity index (χ2n) is 4.94. The van der Waals surface area contributed by atoms with Crippen molar-refractivity contribution in [2.45, 2.75) is 38.9 Å². The molecule has 0 aliphatic carbocycles. The number of alkyl halides is 3. The van der Waals surface area contributed by atoms with Crippen molar-refractivity contribution >= 4 is 11.6 Å². The number of hydrogen-bond donors (Lipinski definition) is 1. The Morgan fingerprint density at radius 1 is 1.43 bits per heavy atom. The molecule has 0 saturated carbocycles. The minimum Gasteiger partial charge on any atom is -0.489 e. The number of rotatable bonds is 6. The van der Waals surface area contributed by atoms with Crippen molar-refractivity contribution in [3.05, 3.63) is 40.4 Å². The summed E-state index contributed by atoms with van der Waals surface area (Å²) in [5.41, 5.74) is 7.47. The van der Waals surface area contributed by atoms with E-state index < -0.39 is 11.7 Å². The van der Waals surface area contributed by atoms with Crippen molar-refractivity contribution in [2.75, 3.05) is 6.61 Å². The zero-order valence-corrected chi connectivity index (χ0v) is 12.8. The Balaban J connectivity index is 3.03. The molecular formula is C15H19ClF3NO. The Hall–Kier alpha value is -1.20. The molecular weight excluding hydrogens is 303 g/mol. The maximum Gasteiger partial charge on any atom is 0.419 e. The van der Waals surface area contributed by atoms with Crippen molar-refractivity contribution in [3.63, 3.8) is 0 Å². The highest BCUT2D eigenvalue weighted by molar-refractivity contribution is 6.25. The van der Waals surface area contributed by atoms with Gasteiger partial charge in [0.25, 0.3) is 0 Å². The molecule has 2 N–H and O–H groups in total. The summed E-state index contributed by atoms with van der Waals surface area (Å²) < 4.78 is 44.5. The highest BCUT2D eigenvalue weighted by atomic mass is 35.5. The van der Waals surface area contributed by atoms with E-state index in [2.05, 4.69) is 0 Å². The summed E-state index contributed by atoms with van der Waals surface area (Å²) in [4.78, 5) is 0. The van der Waals surface area contributed by atoms with E-state index in [9.17, 15) is 13.2 Å². The number of halogens is 4.